The number of anilines is 1. The Balaban J connectivity index is 1.55. The summed E-state index contributed by atoms with van der Waals surface area (Å²) in [5, 5.41) is 2.65. The van der Waals surface area contributed by atoms with Crippen LogP contribution in [0.1, 0.15) is 29.6 Å². The van der Waals surface area contributed by atoms with E-state index in [1.165, 1.54) is 28.3 Å². The maximum absolute atomic E-state index is 13.4. The van der Waals surface area contributed by atoms with Gasteiger partial charge < -0.3 is 5.32 Å². The molecule has 1 amide bonds. The highest BCUT2D eigenvalue weighted by Crippen LogP contribution is 2.17. The molecule has 0 unspecified atom stereocenters. The van der Waals surface area contributed by atoms with Crippen molar-refractivity contribution < 1.29 is 9.18 Å². The van der Waals surface area contributed by atoms with Crippen molar-refractivity contribution in [3.63, 3.8) is 0 Å². The van der Waals surface area contributed by atoms with E-state index in [-0.39, 0.29) is 18.0 Å². The van der Waals surface area contributed by atoms with Gasteiger partial charge in [0.25, 0.3) is 5.56 Å². The third-order valence-electron chi connectivity index (χ3n) is 5.45. The van der Waals surface area contributed by atoms with Crippen LogP contribution in [0.15, 0.2) is 59.4 Å². The van der Waals surface area contributed by atoms with Crippen LogP contribution in [0.3, 0.4) is 0 Å². The quantitative estimate of drug-likeness (QED) is 0.665. The van der Waals surface area contributed by atoms with Crippen LogP contribution in [-0.2, 0) is 37.3 Å². The molecule has 0 saturated heterocycles. The molecule has 0 atom stereocenters. The van der Waals surface area contributed by atoms with Crippen molar-refractivity contribution in [2.75, 3.05) is 11.9 Å². The minimum Gasteiger partial charge on any atom is -0.324 e. The fraction of sp³-hybridized carbons (Fsp3) is 0.292. The second-order valence-electron chi connectivity index (χ2n) is 7.70. The lowest BCUT2D eigenvalue weighted by molar-refractivity contribution is -0.116. The molecule has 0 bridgehead atoms. The molecule has 1 aromatic heterocycles. The Hall–Kier alpha value is -3.32. The number of fused-ring (bicyclic) bond motifs is 1. The van der Waals surface area contributed by atoms with E-state index in [4.69, 9.17) is 4.98 Å². The molecular weight excluding hydrogens is 395 g/mol. The van der Waals surface area contributed by atoms with Crippen molar-refractivity contribution in [1.82, 2.24) is 14.5 Å². The van der Waals surface area contributed by atoms with Gasteiger partial charge in [0.2, 0.25) is 5.91 Å². The summed E-state index contributed by atoms with van der Waals surface area (Å²) in [6, 6.07) is 15.8. The fourth-order valence-corrected chi connectivity index (χ4v) is 3.94. The van der Waals surface area contributed by atoms with Crippen LogP contribution in [0.4, 0.5) is 10.1 Å². The zero-order valence-electron chi connectivity index (χ0n) is 17.5. The Bertz CT molecular complexity index is 1140. The maximum atomic E-state index is 13.4. The summed E-state index contributed by atoms with van der Waals surface area (Å²) in [4.78, 5) is 32.8. The summed E-state index contributed by atoms with van der Waals surface area (Å²) in [6.45, 7) is 3.86. The zero-order chi connectivity index (χ0) is 21.8. The molecule has 0 saturated carbocycles. The number of benzene rings is 2. The number of aryl methyl sites for hydroxylation is 1. The van der Waals surface area contributed by atoms with E-state index in [9.17, 15) is 14.0 Å². The summed E-state index contributed by atoms with van der Waals surface area (Å²) in [5.74, 6) is -0.228. The molecular formula is C24H25FN4O2. The molecule has 6 nitrogen and oxygen atoms in total. The van der Waals surface area contributed by atoms with Crippen LogP contribution in [0.2, 0.25) is 0 Å². The normalized spacial score (nSPS) is 13.6. The average molecular weight is 420 g/mol. The molecule has 0 aliphatic carbocycles. The number of hydrogen-bond donors (Lipinski definition) is 1. The standard InChI is InChI=1S/C24H25FN4O2/c1-2-22-27-21-11-12-28(14-17-7-4-3-5-8-17)15-20(21)24(31)29(22)16-23(30)26-19-10-6-9-18(25)13-19/h3-10,13H,2,11-12,14-16H2,1H3,(H,26,30). The monoisotopic (exact) mass is 420 g/mol. The van der Waals surface area contributed by atoms with Gasteiger partial charge in [0.1, 0.15) is 18.2 Å². The smallest absolute Gasteiger partial charge is 0.258 e. The van der Waals surface area contributed by atoms with Gasteiger partial charge >= 0.3 is 0 Å². The average Bonchev–Trinajstić information content (AvgIpc) is 2.76. The van der Waals surface area contributed by atoms with Gasteiger partial charge in [0.05, 0.1) is 11.3 Å². The number of carbonyl (C=O) groups is 1. The Labute approximate surface area is 180 Å². The first-order valence-corrected chi connectivity index (χ1v) is 10.5. The minimum absolute atomic E-state index is 0.155. The Kier molecular flexibility index (Phi) is 6.23. The topological polar surface area (TPSA) is 67.2 Å². The molecule has 1 aliphatic heterocycles. The Morgan fingerprint density at radius 1 is 1.16 bits per heavy atom. The second kappa shape index (κ2) is 9.22. The van der Waals surface area contributed by atoms with E-state index in [1.54, 1.807) is 6.07 Å². The molecule has 1 aliphatic rings. The second-order valence-corrected chi connectivity index (χ2v) is 7.70. The van der Waals surface area contributed by atoms with Gasteiger partial charge in [-0.1, -0.05) is 43.3 Å². The van der Waals surface area contributed by atoms with Gasteiger partial charge in [-0.05, 0) is 23.8 Å². The number of aromatic nitrogens is 2. The third kappa shape index (κ3) is 4.88. The van der Waals surface area contributed by atoms with Gasteiger partial charge in [0, 0.05) is 38.2 Å². The van der Waals surface area contributed by atoms with Gasteiger partial charge in [-0.15, -0.1) is 0 Å². The van der Waals surface area contributed by atoms with Crippen LogP contribution in [0.5, 0.6) is 0 Å². The molecule has 31 heavy (non-hydrogen) atoms. The minimum atomic E-state index is -0.432. The zero-order valence-corrected chi connectivity index (χ0v) is 17.5. The Morgan fingerprint density at radius 3 is 2.71 bits per heavy atom. The molecule has 0 fully saturated rings. The fourth-order valence-electron chi connectivity index (χ4n) is 3.94. The highest BCUT2D eigenvalue weighted by molar-refractivity contribution is 5.90. The largest absolute Gasteiger partial charge is 0.324 e. The molecule has 160 valence electrons. The first-order chi connectivity index (χ1) is 15.0. The number of carbonyl (C=O) groups excluding carboxylic acids is 1. The van der Waals surface area contributed by atoms with Crippen molar-refractivity contribution in [3.05, 3.63) is 93.4 Å². The number of nitrogens with zero attached hydrogens (tertiary/aromatic N) is 3. The summed E-state index contributed by atoms with van der Waals surface area (Å²) < 4.78 is 14.8. The lowest BCUT2D eigenvalue weighted by Gasteiger charge is -2.28. The highest BCUT2D eigenvalue weighted by Gasteiger charge is 2.24. The molecule has 3 aromatic rings. The number of halogens is 1. The number of nitrogens with one attached hydrogen (secondary N) is 1. The summed E-state index contributed by atoms with van der Waals surface area (Å²) in [5.41, 5.74) is 2.86. The lowest BCUT2D eigenvalue weighted by atomic mass is 10.1. The van der Waals surface area contributed by atoms with Gasteiger partial charge in [0.15, 0.2) is 0 Å². The van der Waals surface area contributed by atoms with E-state index in [2.05, 4.69) is 22.3 Å². The number of rotatable bonds is 6. The van der Waals surface area contributed by atoms with Crippen molar-refractivity contribution >= 4 is 11.6 Å². The SMILES string of the molecule is CCc1nc2c(c(=O)n1CC(=O)Nc1cccc(F)c1)CN(Cc1ccccc1)CC2. The first kappa shape index (κ1) is 20.9. The molecule has 2 heterocycles. The van der Waals surface area contributed by atoms with Crippen LogP contribution >= 0.6 is 0 Å². The van der Waals surface area contributed by atoms with Gasteiger partial charge in [-0.2, -0.15) is 0 Å². The van der Waals surface area contributed by atoms with Crippen LogP contribution < -0.4 is 10.9 Å². The van der Waals surface area contributed by atoms with Crippen molar-refractivity contribution in [2.45, 2.75) is 39.4 Å². The van der Waals surface area contributed by atoms with Gasteiger partial charge in [-0.3, -0.25) is 19.1 Å². The molecule has 1 N–H and O–H groups in total. The van der Waals surface area contributed by atoms with Crippen molar-refractivity contribution in [1.29, 1.82) is 0 Å². The molecule has 4 rings (SSSR count). The predicted molar refractivity (Wildman–Crippen MR) is 117 cm³/mol. The maximum Gasteiger partial charge on any atom is 0.258 e. The number of amides is 1. The molecule has 2 aromatic carbocycles. The molecule has 7 heteroatoms. The summed E-state index contributed by atoms with van der Waals surface area (Å²) in [6.07, 6.45) is 1.25. The van der Waals surface area contributed by atoms with Gasteiger partial charge in [-0.25, -0.2) is 9.37 Å². The highest BCUT2D eigenvalue weighted by atomic mass is 19.1. The molecule has 0 radical (unpaired) electrons. The van der Waals surface area contributed by atoms with Crippen LogP contribution in [-0.4, -0.2) is 26.9 Å². The van der Waals surface area contributed by atoms with Crippen molar-refractivity contribution in [2.24, 2.45) is 0 Å². The van der Waals surface area contributed by atoms with E-state index in [1.807, 2.05) is 25.1 Å². The summed E-state index contributed by atoms with van der Waals surface area (Å²) >= 11 is 0. The van der Waals surface area contributed by atoms with Crippen LogP contribution in [0, 0.1) is 5.82 Å². The summed E-state index contributed by atoms with van der Waals surface area (Å²) in [7, 11) is 0. The van der Waals surface area contributed by atoms with E-state index in [0.29, 0.717) is 36.5 Å². The van der Waals surface area contributed by atoms with E-state index in [0.717, 1.165) is 18.8 Å². The molecule has 0 spiro atoms. The number of hydrogen-bond acceptors (Lipinski definition) is 4. The third-order valence-corrected chi connectivity index (χ3v) is 5.45. The predicted octanol–water partition coefficient (Wildman–Crippen LogP) is 3.14. The van der Waals surface area contributed by atoms with Crippen LogP contribution in [0.25, 0.3) is 0 Å². The first-order valence-electron chi connectivity index (χ1n) is 10.5. The van der Waals surface area contributed by atoms with E-state index < -0.39 is 5.82 Å². The Morgan fingerprint density at radius 2 is 1.97 bits per heavy atom. The van der Waals surface area contributed by atoms with E-state index >= 15 is 0 Å². The lowest BCUT2D eigenvalue weighted by Crippen LogP contribution is -2.40. The van der Waals surface area contributed by atoms with Crippen molar-refractivity contribution in [3.8, 4) is 0 Å².